The molecule has 0 bridgehead atoms. The van der Waals surface area contributed by atoms with Crippen molar-refractivity contribution < 1.29 is 19.4 Å². The van der Waals surface area contributed by atoms with Crippen molar-refractivity contribution in [3.8, 4) is 11.5 Å². The van der Waals surface area contributed by atoms with Gasteiger partial charge in [-0.2, -0.15) is 0 Å². The van der Waals surface area contributed by atoms with Gasteiger partial charge in [0.1, 0.15) is 6.29 Å². The monoisotopic (exact) mass is 254 g/mol. The second-order valence-corrected chi connectivity index (χ2v) is 4.28. The highest BCUT2D eigenvalue weighted by Crippen LogP contribution is 2.25. The van der Waals surface area contributed by atoms with Crippen molar-refractivity contribution in [1.29, 1.82) is 0 Å². The number of methoxy groups -OCH3 is 1. The van der Waals surface area contributed by atoms with Crippen LogP contribution in [0.25, 0.3) is 0 Å². The van der Waals surface area contributed by atoms with E-state index in [1.165, 1.54) is 25.3 Å². The zero-order valence-corrected chi connectivity index (χ0v) is 11.6. The molecule has 0 aliphatic carbocycles. The van der Waals surface area contributed by atoms with Gasteiger partial charge in [-0.05, 0) is 45.9 Å². The molecule has 0 aliphatic rings. The highest BCUT2D eigenvalue weighted by Gasteiger charge is 2.00. The van der Waals surface area contributed by atoms with E-state index in [0.29, 0.717) is 29.8 Å². The minimum absolute atomic E-state index is 0.0399. The van der Waals surface area contributed by atoms with E-state index in [-0.39, 0.29) is 5.75 Å². The van der Waals surface area contributed by atoms with E-state index in [0.717, 1.165) is 0 Å². The lowest BCUT2D eigenvalue weighted by Gasteiger charge is -2.09. The molecule has 0 radical (unpaired) electrons. The molecule has 1 N–H and O–H groups in total. The molecule has 1 rings (SSSR count). The Bertz CT molecular complexity index is 353. The molecule has 4 nitrogen and oxygen atoms in total. The third-order valence-electron chi connectivity index (χ3n) is 1.88. The molecule has 0 amide bonds. The number of ether oxygens (including phenoxy) is 2. The quantitative estimate of drug-likeness (QED) is 0.839. The summed E-state index contributed by atoms with van der Waals surface area (Å²) < 4.78 is 10.0. The molecule has 1 aromatic rings. The second kappa shape index (κ2) is 8.53. The lowest BCUT2D eigenvalue weighted by molar-refractivity contribution is 0.0300. The van der Waals surface area contributed by atoms with Crippen molar-refractivity contribution in [3.63, 3.8) is 0 Å². The normalized spacial score (nSPS) is 9.94. The highest BCUT2D eigenvalue weighted by molar-refractivity contribution is 5.76. The molecule has 4 heteroatoms. The first-order valence-corrected chi connectivity index (χ1v) is 5.88. The maximum atomic E-state index is 10.2. The van der Waals surface area contributed by atoms with Crippen molar-refractivity contribution >= 4 is 6.29 Å². The summed E-state index contributed by atoms with van der Waals surface area (Å²) >= 11 is 0. The maximum absolute atomic E-state index is 10.2. The van der Waals surface area contributed by atoms with Gasteiger partial charge in [0.05, 0.1) is 19.3 Å². The molecular formula is C14H22O4. The van der Waals surface area contributed by atoms with Crippen LogP contribution in [-0.4, -0.2) is 30.7 Å². The number of carbonyl (C=O) groups excluding carboxylic acids is 1. The van der Waals surface area contributed by atoms with Gasteiger partial charge in [0.15, 0.2) is 11.5 Å². The van der Waals surface area contributed by atoms with Crippen LogP contribution in [0.3, 0.4) is 0 Å². The topological polar surface area (TPSA) is 55.8 Å². The van der Waals surface area contributed by atoms with Gasteiger partial charge in [-0.25, -0.2) is 0 Å². The molecule has 0 fully saturated rings. The number of hydrogen-bond acceptors (Lipinski definition) is 4. The van der Waals surface area contributed by atoms with Crippen LogP contribution in [0, 0.1) is 0 Å². The van der Waals surface area contributed by atoms with Gasteiger partial charge >= 0.3 is 0 Å². The molecule has 0 saturated carbocycles. The number of aldehydes is 1. The van der Waals surface area contributed by atoms with Gasteiger partial charge in [-0.15, -0.1) is 0 Å². The van der Waals surface area contributed by atoms with Crippen LogP contribution < -0.4 is 4.74 Å². The largest absolute Gasteiger partial charge is 0.504 e. The lowest BCUT2D eigenvalue weighted by atomic mass is 10.2. The second-order valence-electron chi connectivity index (χ2n) is 4.28. The predicted molar refractivity (Wildman–Crippen MR) is 71.4 cm³/mol. The van der Waals surface area contributed by atoms with Crippen molar-refractivity contribution in [2.75, 3.05) is 7.11 Å². The molecule has 0 aromatic heterocycles. The van der Waals surface area contributed by atoms with Crippen LogP contribution in [0.4, 0.5) is 0 Å². The molecule has 18 heavy (non-hydrogen) atoms. The van der Waals surface area contributed by atoms with Crippen LogP contribution in [-0.2, 0) is 4.74 Å². The molecule has 0 unspecified atom stereocenters. The third kappa shape index (κ3) is 6.91. The number of carbonyl (C=O) groups is 1. The van der Waals surface area contributed by atoms with Crippen molar-refractivity contribution in [1.82, 2.24) is 0 Å². The van der Waals surface area contributed by atoms with Crippen LogP contribution in [0.5, 0.6) is 11.5 Å². The van der Waals surface area contributed by atoms with Gasteiger partial charge < -0.3 is 14.6 Å². The summed E-state index contributed by atoms with van der Waals surface area (Å²) in [6, 6.07) is 4.41. The zero-order chi connectivity index (χ0) is 14.1. The molecular weight excluding hydrogens is 232 g/mol. The third-order valence-corrected chi connectivity index (χ3v) is 1.88. The minimum atomic E-state index is 0.0399. The van der Waals surface area contributed by atoms with E-state index in [2.05, 4.69) is 0 Å². The Balaban J connectivity index is 0.000000360. The van der Waals surface area contributed by atoms with Crippen LogP contribution >= 0.6 is 0 Å². The van der Waals surface area contributed by atoms with Crippen LogP contribution in [0.1, 0.15) is 38.1 Å². The molecule has 0 heterocycles. The van der Waals surface area contributed by atoms with Gasteiger partial charge in [0, 0.05) is 5.56 Å². The Morgan fingerprint density at radius 3 is 2.06 bits per heavy atom. The summed E-state index contributed by atoms with van der Waals surface area (Å²) in [6.07, 6.45) is 1.45. The molecule has 1 aromatic carbocycles. The summed E-state index contributed by atoms with van der Waals surface area (Å²) in [5.41, 5.74) is 0.486. The Labute approximate surface area is 109 Å². The van der Waals surface area contributed by atoms with Gasteiger partial charge in [0.2, 0.25) is 0 Å². The van der Waals surface area contributed by atoms with Crippen LogP contribution in [0.2, 0.25) is 0 Å². The standard InChI is InChI=1S/C8H8O3.C6H14O/c1-11-8-4-6(5-9)2-3-7(8)10;1-5(2)7-6(3)4/h2-5,10H,1H3;5-6H,1-4H3. The fourth-order valence-electron chi connectivity index (χ4n) is 1.31. The Kier molecular flexibility index (Phi) is 7.79. The maximum Gasteiger partial charge on any atom is 0.161 e. The lowest BCUT2D eigenvalue weighted by Crippen LogP contribution is -2.09. The summed E-state index contributed by atoms with van der Waals surface area (Å²) in [7, 11) is 1.43. The first kappa shape index (κ1) is 16.4. The number of phenols is 1. The Hall–Kier alpha value is -1.55. The summed E-state index contributed by atoms with van der Waals surface area (Å²) in [6.45, 7) is 8.17. The Morgan fingerprint density at radius 2 is 1.72 bits per heavy atom. The first-order valence-electron chi connectivity index (χ1n) is 5.88. The zero-order valence-electron chi connectivity index (χ0n) is 11.6. The average Bonchev–Trinajstić information content (AvgIpc) is 2.28. The van der Waals surface area contributed by atoms with E-state index < -0.39 is 0 Å². The summed E-state index contributed by atoms with van der Waals surface area (Å²) in [5, 5.41) is 9.09. The van der Waals surface area contributed by atoms with E-state index in [4.69, 9.17) is 14.6 Å². The van der Waals surface area contributed by atoms with Gasteiger partial charge in [-0.3, -0.25) is 4.79 Å². The van der Waals surface area contributed by atoms with Gasteiger partial charge in [0.25, 0.3) is 0 Å². The van der Waals surface area contributed by atoms with Crippen molar-refractivity contribution in [2.45, 2.75) is 39.9 Å². The van der Waals surface area contributed by atoms with Crippen molar-refractivity contribution in [3.05, 3.63) is 23.8 Å². The fourth-order valence-corrected chi connectivity index (χ4v) is 1.31. The van der Waals surface area contributed by atoms with Crippen LogP contribution in [0.15, 0.2) is 18.2 Å². The molecule has 0 aliphatic heterocycles. The highest BCUT2D eigenvalue weighted by atomic mass is 16.5. The van der Waals surface area contributed by atoms with E-state index >= 15 is 0 Å². The van der Waals surface area contributed by atoms with Gasteiger partial charge in [-0.1, -0.05) is 0 Å². The fraction of sp³-hybridized carbons (Fsp3) is 0.500. The molecule has 102 valence electrons. The average molecular weight is 254 g/mol. The number of rotatable bonds is 4. The first-order chi connectivity index (χ1) is 8.40. The SMILES string of the molecule is CC(C)OC(C)C.COc1cc(C=O)ccc1O. The van der Waals surface area contributed by atoms with E-state index in [1.807, 2.05) is 27.7 Å². The van der Waals surface area contributed by atoms with Crippen molar-refractivity contribution in [2.24, 2.45) is 0 Å². The predicted octanol–water partition coefficient (Wildman–Crippen LogP) is 3.03. The summed E-state index contributed by atoms with van der Waals surface area (Å²) in [4.78, 5) is 10.2. The number of aromatic hydroxyl groups is 1. The molecule has 0 spiro atoms. The molecule has 0 saturated heterocycles. The van der Waals surface area contributed by atoms with E-state index in [9.17, 15) is 4.79 Å². The number of benzene rings is 1. The number of phenolic OH excluding ortho intramolecular Hbond substituents is 1. The van der Waals surface area contributed by atoms with E-state index in [1.54, 1.807) is 0 Å². The summed E-state index contributed by atoms with van der Waals surface area (Å²) in [5.74, 6) is 0.354. The Morgan fingerprint density at radius 1 is 1.17 bits per heavy atom. The molecule has 0 atom stereocenters. The minimum Gasteiger partial charge on any atom is -0.504 e. The smallest absolute Gasteiger partial charge is 0.161 e. The number of hydrogen-bond donors (Lipinski definition) is 1.